The summed E-state index contributed by atoms with van der Waals surface area (Å²) in [6.07, 6.45) is 17.2. The number of allylic oxidation sites excluding steroid dienone is 4. The maximum absolute atomic E-state index is 2.51. The summed E-state index contributed by atoms with van der Waals surface area (Å²) in [5.74, 6) is 1.27. The van der Waals surface area contributed by atoms with Crippen LogP contribution in [0.25, 0.3) is 5.57 Å². The Hall–Kier alpha value is -3.16. The lowest BCUT2D eigenvalue weighted by Gasteiger charge is -2.68. The fraction of sp³-hybridized carbons (Fsp3) is 0.333. The van der Waals surface area contributed by atoms with Crippen LogP contribution in [0.5, 0.6) is 0 Å². The zero-order chi connectivity index (χ0) is 26.6. The molecule has 5 atom stereocenters. The van der Waals surface area contributed by atoms with Gasteiger partial charge in [0.05, 0.1) is 0 Å². The fourth-order valence-electron chi connectivity index (χ4n) is 9.73. The SMILES string of the molecule is C1=CC(c2ccc(C3CC4(c5ccccc5)CC5(c6ccccc6)CCC3C(c3ccccc3)(C5)C4)s2)=CCC1. The Kier molecular flexibility index (Phi) is 5.82. The molecule has 3 saturated carbocycles. The maximum atomic E-state index is 2.51. The average molecular weight is 539 g/mol. The third-order valence-corrected chi connectivity index (χ3v) is 12.4. The minimum absolute atomic E-state index is 0.168. The Bertz CT molecular complexity index is 1550. The van der Waals surface area contributed by atoms with Gasteiger partial charge in [-0.05, 0) is 108 Å². The largest absolute Gasteiger partial charge is 0.140 e. The fourth-order valence-corrected chi connectivity index (χ4v) is 10.9. The molecule has 0 aliphatic heterocycles. The van der Waals surface area contributed by atoms with E-state index in [9.17, 15) is 0 Å². The van der Waals surface area contributed by atoms with Crippen molar-refractivity contribution in [1.29, 1.82) is 0 Å². The first-order valence-electron chi connectivity index (χ1n) is 15.3. The first-order chi connectivity index (χ1) is 19.7. The van der Waals surface area contributed by atoms with E-state index in [1.54, 1.807) is 21.6 Å². The van der Waals surface area contributed by atoms with Crippen molar-refractivity contribution in [2.24, 2.45) is 5.92 Å². The highest BCUT2D eigenvalue weighted by Crippen LogP contribution is 2.72. The molecule has 3 fully saturated rings. The summed E-state index contributed by atoms with van der Waals surface area (Å²) in [6.45, 7) is 0. The quantitative estimate of drug-likeness (QED) is 0.237. The number of hydrogen-bond donors (Lipinski definition) is 0. The summed E-state index contributed by atoms with van der Waals surface area (Å²) < 4.78 is 0. The normalized spacial score (nSPS) is 32.5. The summed E-state index contributed by atoms with van der Waals surface area (Å²) in [7, 11) is 0. The van der Waals surface area contributed by atoms with E-state index in [-0.39, 0.29) is 16.2 Å². The topological polar surface area (TPSA) is 0 Å². The Morgan fingerprint density at radius 1 is 0.625 bits per heavy atom. The van der Waals surface area contributed by atoms with E-state index in [4.69, 9.17) is 0 Å². The van der Waals surface area contributed by atoms with Crippen LogP contribution in [0.2, 0.25) is 0 Å². The summed E-state index contributed by atoms with van der Waals surface area (Å²) >= 11 is 2.08. The van der Waals surface area contributed by atoms with Crippen LogP contribution >= 0.6 is 11.3 Å². The van der Waals surface area contributed by atoms with Crippen molar-refractivity contribution in [2.75, 3.05) is 0 Å². The Balaban J connectivity index is 1.33. The first kappa shape index (κ1) is 24.6. The third kappa shape index (κ3) is 3.77. The van der Waals surface area contributed by atoms with Crippen molar-refractivity contribution in [3.8, 4) is 0 Å². The zero-order valence-corrected chi connectivity index (χ0v) is 24.1. The predicted molar refractivity (Wildman–Crippen MR) is 169 cm³/mol. The molecule has 4 aliphatic rings. The van der Waals surface area contributed by atoms with Crippen LogP contribution in [-0.2, 0) is 16.2 Å². The van der Waals surface area contributed by atoms with Crippen LogP contribution in [-0.4, -0.2) is 0 Å². The number of benzene rings is 3. The van der Waals surface area contributed by atoms with Gasteiger partial charge in [0.1, 0.15) is 0 Å². The van der Waals surface area contributed by atoms with Gasteiger partial charge in [0.25, 0.3) is 0 Å². The molecular weight excluding hydrogens is 500 g/mol. The molecule has 0 nitrogen and oxygen atoms in total. The van der Waals surface area contributed by atoms with E-state index < -0.39 is 0 Å². The van der Waals surface area contributed by atoms with Crippen molar-refractivity contribution in [3.63, 3.8) is 0 Å². The van der Waals surface area contributed by atoms with Crippen molar-refractivity contribution in [3.05, 3.63) is 148 Å². The molecule has 1 heterocycles. The molecule has 0 radical (unpaired) electrons. The Morgan fingerprint density at radius 2 is 1.27 bits per heavy atom. The highest BCUT2D eigenvalue weighted by molar-refractivity contribution is 7.13. The van der Waals surface area contributed by atoms with E-state index in [1.165, 1.54) is 61.8 Å². The molecule has 0 N–H and O–H groups in total. The summed E-state index contributed by atoms with van der Waals surface area (Å²) in [6, 6.07) is 39.9. The van der Waals surface area contributed by atoms with Gasteiger partial charge < -0.3 is 0 Å². The Labute approximate surface area is 243 Å². The second kappa shape index (κ2) is 9.45. The lowest BCUT2D eigenvalue weighted by Crippen LogP contribution is -2.63. The highest BCUT2D eigenvalue weighted by Gasteiger charge is 2.66. The van der Waals surface area contributed by atoms with Crippen LogP contribution < -0.4 is 0 Å². The molecule has 4 aromatic rings. The van der Waals surface area contributed by atoms with Gasteiger partial charge in [0.2, 0.25) is 0 Å². The van der Waals surface area contributed by atoms with Gasteiger partial charge >= 0.3 is 0 Å². The second-order valence-electron chi connectivity index (χ2n) is 13.1. The third-order valence-electron chi connectivity index (χ3n) is 11.1. The van der Waals surface area contributed by atoms with Crippen molar-refractivity contribution >= 4 is 16.9 Å². The number of fused-ring (bicyclic) bond motifs is 2. The highest BCUT2D eigenvalue weighted by atomic mass is 32.1. The van der Waals surface area contributed by atoms with Crippen molar-refractivity contribution < 1.29 is 0 Å². The summed E-state index contributed by atoms with van der Waals surface area (Å²) in [4.78, 5) is 3.08. The van der Waals surface area contributed by atoms with Crippen LogP contribution in [0.15, 0.2) is 121 Å². The van der Waals surface area contributed by atoms with Gasteiger partial charge in [-0.1, -0.05) is 109 Å². The summed E-state index contributed by atoms with van der Waals surface area (Å²) in [5.41, 5.74) is 6.73. The molecule has 0 saturated heterocycles. The number of hydrogen-bond acceptors (Lipinski definition) is 1. The summed E-state index contributed by atoms with van der Waals surface area (Å²) in [5, 5.41) is 0. The van der Waals surface area contributed by atoms with Crippen molar-refractivity contribution in [1.82, 2.24) is 0 Å². The Morgan fingerprint density at radius 3 is 1.95 bits per heavy atom. The van der Waals surface area contributed by atoms with E-state index >= 15 is 0 Å². The zero-order valence-electron chi connectivity index (χ0n) is 23.3. The first-order valence-corrected chi connectivity index (χ1v) is 16.2. The molecule has 1 aromatic heterocycles. The smallest absolute Gasteiger partial charge is 0.0342 e. The maximum Gasteiger partial charge on any atom is 0.0342 e. The van der Waals surface area contributed by atoms with Gasteiger partial charge in [-0.3, -0.25) is 0 Å². The molecule has 5 unspecified atom stereocenters. The molecule has 3 aromatic carbocycles. The lowest BCUT2D eigenvalue weighted by molar-refractivity contribution is -0.0509. The number of thiophene rings is 1. The molecule has 0 amide bonds. The van der Waals surface area contributed by atoms with Gasteiger partial charge in [-0.15, -0.1) is 11.3 Å². The van der Waals surface area contributed by atoms with E-state index in [0.29, 0.717) is 11.8 Å². The van der Waals surface area contributed by atoms with Crippen molar-refractivity contribution in [2.45, 2.75) is 73.5 Å². The van der Waals surface area contributed by atoms with E-state index in [0.717, 1.165) is 0 Å². The van der Waals surface area contributed by atoms with Crippen LogP contribution in [0.1, 0.15) is 83.7 Å². The number of rotatable bonds is 5. The standard InChI is InChI=1S/C39H38S/c1-5-13-29(14-6-1)35-21-22-36(40-35)33-25-38(31-17-9-3-10-18-31)26-37(30-15-7-2-8-16-30)24-23-34(33)39(27-37,28-38)32-19-11-4-12-20-32/h2-5,7-22,33-34H,1,6,23-28H2. The molecule has 200 valence electrons. The molecule has 40 heavy (non-hydrogen) atoms. The molecule has 1 heteroatoms. The van der Waals surface area contributed by atoms with Crippen LogP contribution in [0, 0.1) is 5.92 Å². The molecule has 0 spiro atoms. The van der Waals surface area contributed by atoms with Gasteiger partial charge in [0, 0.05) is 15.2 Å². The minimum Gasteiger partial charge on any atom is -0.140 e. The minimum atomic E-state index is 0.168. The predicted octanol–water partition coefficient (Wildman–Crippen LogP) is 10.4. The van der Waals surface area contributed by atoms with Crippen LogP contribution in [0.3, 0.4) is 0 Å². The average Bonchev–Trinajstić information content (AvgIpc) is 3.52. The monoisotopic (exact) mass is 538 g/mol. The molecule has 4 aliphatic carbocycles. The van der Waals surface area contributed by atoms with E-state index in [1.807, 2.05) is 0 Å². The second-order valence-corrected chi connectivity index (χ2v) is 14.3. The lowest BCUT2D eigenvalue weighted by atomic mass is 9.35. The van der Waals surface area contributed by atoms with Gasteiger partial charge in [-0.25, -0.2) is 0 Å². The molecular formula is C39H38S. The van der Waals surface area contributed by atoms with Gasteiger partial charge in [0.15, 0.2) is 0 Å². The van der Waals surface area contributed by atoms with Gasteiger partial charge in [-0.2, -0.15) is 0 Å². The molecule has 3 bridgehead atoms. The van der Waals surface area contributed by atoms with Crippen LogP contribution in [0.4, 0.5) is 0 Å². The molecule has 8 rings (SSSR count). The van der Waals surface area contributed by atoms with E-state index in [2.05, 4.69) is 133 Å².